The summed E-state index contributed by atoms with van der Waals surface area (Å²) >= 11 is 0. The number of aliphatic hydroxyl groups excluding tert-OH is 1. The third kappa shape index (κ3) is 2.31. The summed E-state index contributed by atoms with van der Waals surface area (Å²) in [6.45, 7) is 9.57. The molecule has 1 fully saturated rings. The van der Waals surface area contributed by atoms with Crippen LogP contribution in [0.3, 0.4) is 0 Å². The fourth-order valence-electron chi connectivity index (χ4n) is 3.99. The van der Waals surface area contributed by atoms with Crippen LogP contribution in [0.15, 0.2) is 6.07 Å². The Labute approximate surface area is 121 Å². The molecule has 0 radical (unpaired) electrons. The first-order chi connectivity index (χ1) is 9.41. The molecule has 0 aliphatic heterocycles. The van der Waals surface area contributed by atoms with Crippen molar-refractivity contribution >= 4 is 0 Å². The van der Waals surface area contributed by atoms with Crippen molar-refractivity contribution in [1.29, 1.82) is 0 Å². The number of ether oxygens (including phenoxy) is 1. The van der Waals surface area contributed by atoms with Crippen molar-refractivity contribution in [2.75, 3.05) is 6.61 Å². The van der Waals surface area contributed by atoms with Gasteiger partial charge in [0.15, 0.2) is 0 Å². The van der Waals surface area contributed by atoms with Crippen LogP contribution < -0.4 is 0 Å². The minimum absolute atomic E-state index is 0.192. The van der Waals surface area contributed by atoms with E-state index in [1.165, 1.54) is 17.0 Å². The number of nitrogens with zero attached hydrogens (tertiary/aromatic N) is 1. The SMILES string of the molecule is CCOC1CC(n2c(C)cc3c2CC(C)(C)CC3O)C1. The first-order valence-corrected chi connectivity index (χ1v) is 7.91. The number of aliphatic hydroxyl groups is 1. The number of rotatable bonds is 3. The summed E-state index contributed by atoms with van der Waals surface area (Å²) in [7, 11) is 0. The molecule has 1 N–H and O–H groups in total. The molecule has 1 unspecified atom stereocenters. The quantitative estimate of drug-likeness (QED) is 0.917. The van der Waals surface area contributed by atoms with E-state index < -0.39 is 0 Å². The lowest BCUT2D eigenvalue weighted by Gasteiger charge is -2.40. The van der Waals surface area contributed by atoms with Crippen LogP contribution in [0.5, 0.6) is 0 Å². The second-order valence-corrected chi connectivity index (χ2v) is 7.32. The third-order valence-electron chi connectivity index (χ3n) is 4.96. The maximum atomic E-state index is 10.4. The molecule has 3 heteroatoms. The van der Waals surface area contributed by atoms with E-state index in [0.717, 1.165) is 32.3 Å². The molecule has 2 aliphatic carbocycles. The lowest BCUT2D eigenvalue weighted by molar-refractivity contribution is -0.0213. The Balaban J connectivity index is 1.86. The Kier molecular flexibility index (Phi) is 3.46. The van der Waals surface area contributed by atoms with E-state index in [1.807, 2.05) is 0 Å². The van der Waals surface area contributed by atoms with Crippen LogP contribution in [0.2, 0.25) is 0 Å². The molecule has 112 valence electrons. The Bertz CT molecular complexity index is 497. The Morgan fingerprint density at radius 3 is 2.75 bits per heavy atom. The van der Waals surface area contributed by atoms with Crippen LogP contribution in [0.25, 0.3) is 0 Å². The molecule has 1 saturated carbocycles. The second-order valence-electron chi connectivity index (χ2n) is 7.32. The molecule has 0 spiro atoms. The standard InChI is InChI=1S/C17H27NO2/c1-5-20-13-7-12(8-13)18-11(2)6-14-15(18)9-17(3,4)10-16(14)19/h6,12-13,16,19H,5,7-10H2,1-4H3. The average molecular weight is 277 g/mol. The van der Waals surface area contributed by atoms with Gasteiger partial charge in [-0.2, -0.15) is 0 Å². The normalized spacial score (nSPS) is 31.8. The van der Waals surface area contributed by atoms with Gasteiger partial charge in [0.25, 0.3) is 0 Å². The summed E-state index contributed by atoms with van der Waals surface area (Å²) in [4.78, 5) is 0. The van der Waals surface area contributed by atoms with E-state index in [0.29, 0.717) is 12.1 Å². The molecule has 1 aromatic heterocycles. The van der Waals surface area contributed by atoms with Crippen LogP contribution in [0.4, 0.5) is 0 Å². The lowest BCUT2D eigenvalue weighted by Crippen LogP contribution is -2.36. The van der Waals surface area contributed by atoms with Crippen LogP contribution >= 0.6 is 0 Å². The minimum Gasteiger partial charge on any atom is -0.388 e. The number of fused-ring (bicyclic) bond motifs is 1. The van der Waals surface area contributed by atoms with Crippen LogP contribution in [0.1, 0.15) is 69.1 Å². The van der Waals surface area contributed by atoms with E-state index in [1.54, 1.807) is 0 Å². The summed E-state index contributed by atoms with van der Waals surface area (Å²) < 4.78 is 8.17. The van der Waals surface area contributed by atoms with Crippen molar-refractivity contribution in [1.82, 2.24) is 4.57 Å². The van der Waals surface area contributed by atoms with Gasteiger partial charge in [-0.25, -0.2) is 0 Å². The highest BCUT2D eigenvalue weighted by Crippen LogP contribution is 2.45. The molecule has 2 aliphatic rings. The van der Waals surface area contributed by atoms with Gasteiger partial charge in [-0.15, -0.1) is 0 Å². The highest BCUT2D eigenvalue weighted by Gasteiger charge is 2.38. The molecule has 1 aromatic rings. The molecule has 3 rings (SSSR count). The fourth-order valence-corrected chi connectivity index (χ4v) is 3.99. The van der Waals surface area contributed by atoms with Crippen molar-refractivity contribution in [2.24, 2.45) is 5.41 Å². The third-order valence-corrected chi connectivity index (χ3v) is 4.96. The maximum absolute atomic E-state index is 10.4. The molecule has 1 atom stereocenters. The highest BCUT2D eigenvalue weighted by atomic mass is 16.5. The van der Waals surface area contributed by atoms with Gasteiger partial charge in [0, 0.05) is 29.6 Å². The summed E-state index contributed by atoms with van der Waals surface area (Å²) in [6, 6.07) is 2.76. The lowest BCUT2D eigenvalue weighted by atomic mass is 9.75. The van der Waals surface area contributed by atoms with E-state index in [-0.39, 0.29) is 11.5 Å². The first kappa shape index (κ1) is 14.2. The maximum Gasteiger partial charge on any atom is 0.0812 e. The van der Waals surface area contributed by atoms with E-state index in [4.69, 9.17) is 4.74 Å². The monoisotopic (exact) mass is 277 g/mol. The van der Waals surface area contributed by atoms with E-state index in [2.05, 4.69) is 38.3 Å². The topological polar surface area (TPSA) is 34.4 Å². The molecule has 0 aromatic carbocycles. The summed E-state index contributed by atoms with van der Waals surface area (Å²) in [5, 5.41) is 10.4. The van der Waals surface area contributed by atoms with Gasteiger partial charge in [0.05, 0.1) is 12.2 Å². The van der Waals surface area contributed by atoms with Crippen molar-refractivity contribution < 1.29 is 9.84 Å². The van der Waals surface area contributed by atoms with Crippen molar-refractivity contribution in [2.45, 2.75) is 71.6 Å². The number of aryl methyl sites for hydroxylation is 1. The first-order valence-electron chi connectivity index (χ1n) is 7.91. The van der Waals surface area contributed by atoms with Gasteiger partial charge < -0.3 is 14.4 Å². The van der Waals surface area contributed by atoms with Gasteiger partial charge in [-0.3, -0.25) is 0 Å². The summed E-state index contributed by atoms with van der Waals surface area (Å²) in [5.74, 6) is 0. The second kappa shape index (κ2) is 4.88. The van der Waals surface area contributed by atoms with Crippen molar-refractivity contribution in [3.63, 3.8) is 0 Å². The largest absolute Gasteiger partial charge is 0.388 e. The summed E-state index contributed by atoms with van der Waals surface area (Å²) in [6.07, 6.45) is 4.32. The van der Waals surface area contributed by atoms with Crippen molar-refractivity contribution in [3.05, 3.63) is 23.0 Å². The molecule has 3 nitrogen and oxygen atoms in total. The molecule has 0 amide bonds. The predicted molar refractivity (Wildman–Crippen MR) is 79.9 cm³/mol. The fraction of sp³-hybridized carbons (Fsp3) is 0.765. The molecule has 0 bridgehead atoms. The number of hydrogen-bond donors (Lipinski definition) is 1. The molecule has 0 saturated heterocycles. The molecular formula is C17H27NO2. The molecule has 20 heavy (non-hydrogen) atoms. The zero-order chi connectivity index (χ0) is 14.5. The zero-order valence-corrected chi connectivity index (χ0v) is 13.1. The van der Waals surface area contributed by atoms with Gasteiger partial charge in [-0.05, 0) is 51.0 Å². The van der Waals surface area contributed by atoms with Crippen molar-refractivity contribution in [3.8, 4) is 0 Å². The number of aromatic nitrogens is 1. The van der Waals surface area contributed by atoms with E-state index in [9.17, 15) is 5.11 Å². The Morgan fingerprint density at radius 2 is 2.10 bits per heavy atom. The Hall–Kier alpha value is -0.800. The number of hydrogen-bond acceptors (Lipinski definition) is 2. The van der Waals surface area contributed by atoms with E-state index >= 15 is 0 Å². The van der Waals surface area contributed by atoms with Gasteiger partial charge >= 0.3 is 0 Å². The Morgan fingerprint density at radius 1 is 1.40 bits per heavy atom. The van der Waals surface area contributed by atoms with Crippen LogP contribution in [0, 0.1) is 12.3 Å². The minimum atomic E-state index is -0.295. The zero-order valence-electron chi connectivity index (χ0n) is 13.1. The van der Waals surface area contributed by atoms with Gasteiger partial charge in [0.2, 0.25) is 0 Å². The average Bonchev–Trinajstić information content (AvgIpc) is 2.59. The molecule has 1 heterocycles. The predicted octanol–water partition coefficient (Wildman–Crippen LogP) is 3.54. The molecular weight excluding hydrogens is 250 g/mol. The summed E-state index contributed by atoms with van der Waals surface area (Å²) in [5.41, 5.74) is 4.03. The smallest absolute Gasteiger partial charge is 0.0812 e. The highest BCUT2D eigenvalue weighted by molar-refractivity contribution is 5.34. The van der Waals surface area contributed by atoms with Crippen LogP contribution in [-0.2, 0) is 11.2 Å². The van der Waals surface area contributed by atoms with Crippen LogP contribution in [-0.4, -0.2) is 22.4 Å². The van der Waals surface area contributed by atoms with Gasteiger partial charge in [0.1, 0.15) is 0 Å². The van der Waals surface area contributed by atoms with Gasteiger partial charge in [-0.1, -0.05) is 13.8 Å².